The van der Waals surface area contributed by atoms with Gasteiger partial charge in [0, 0.05) is 22.6 Å². The molecule has 3 rings (SSSR count). The standard InChI is InChI=1S/C20H16ClFN4O4S/c21-17-11-16(8-9-18(17)22)31(29,30)26-13-6-4-12(5-7-13)19(27)24-14-2-1-3-15(10-14)25-20(23)28/h1-11,26H,(H,24,27)(H3,23,25,28). The van der Waals surface area contributed by atoms with Crippen LogP contribution in [-0.4, -0.2) is 20.4 Å². The fraction of sp³-hybridized carbons (Fsp3) is 0. The molecule has 0 aliphatic heterocycles. The van der Waals surface area contributed by atoms with E-state index in [0.717, 1.165) is 18.2 Å². The van der Waals surface area contributed by atoms with Gasteiger partial charge in [-0.2, -0.15) is 0 Å². The summed E-state index contributed by atoms with van der Waals surface area (Å²) in [6.07, 6.45) is 0. The van der Waals surface area contributed by atoms with Crippen LogP contribution in [0, 0.1) is 5.82 Å². The van der Waals surface area contributed by atoms with Gasteiger partial charge in [-0.15, -0.1) is 0 Å². The highest BCUT2D eigenvalue weighted by Crippen LogP contribution is 2.22. The summed E-state index contributed by atoms with van der Waals surface area (Å²) in [7, 11) is -4.00. The molecule has 8 nitrogen and oxygen atoms in total. The summed E-state index contributed by atoms with van der Waals surface area (Å²) in [6, 6.07) is 14.4. The lowest BCUT2D eigenvalue weighted by atomic mass is 10.2. The summed E-state index contributed by atoms with van der Waals surface area (Å²) in [4.78, 5) is 23.1. The lowest BCUT2D eigenvalue weighted by molar-refractivity contribution is 0.102. The molecular formula is C20H16ClFN4O4S. The Morgan fingerprint density at radius 2 is 1.52 bits per heavy atom. The minimum Gasteiger partial charge on any atom is -0.351 e. The molecule has 0 unspecified atom stereocenters. The van der Waals surface area contributed by atoms with Crippen molar-refractivity contribution in [1.82, 2.24) is 0 Å². The van der Waals surface area contributed by atoms with E-state index >= 15 is 0 Å². The first-order chi connectivity index (χ1) is 14.6. The number of nitrogens with two attached hydrogens (primary N) is 1. The third-order valence-electron chi connectivity index (χ3n) is 3.99. The van der Waals surface area contributed by atoms with Crippen molar-refractivity contribution >= 4 is 50.6 Å². The van der Waals surface area contributed by atoms with Crippen LogP contribution < -0.4 is 21.1 Å². The second-order valence-corrected chi connectivity index (χ2v) is 8.37. The topological polar surface area (TPSA) is 130 Å². The number of primary amides is 1. The molecule has 0 saturated carbocycles. The average Bonchev–Trinajstić information content (AvgIpc) is 2.70. The Labute approximate surface area is 182 Å². The molecule has 3 aromatic rings. The largest absolute Gasteiger partial charge is 0.351 e. The number of urea groups is 1. The molecule has 0 spiro atoms. The minimum atomic E-state index is -4.00. The first-order valence-electron chi connectivity index (χ1n) is 8.70. The molecule has 11 heteroatoms. The van der Waals surface area contributed by atoms with Gasteiger partial charge in [-0.05, 0) is 60.7 Å². The Hall–Kier alpha value is -3.63. The van der Waals surface area contributed by atoms with Crippen molar-refractivity contribution in [2.45, 2.75) is 4.90 Å². The van der Waals surface area contributed by atoms with Crippen molar-refractivity contribution < 1.29 is 22.4 Å². The number of nitrogens with one attached hydrogen (secondary N) is 3. The maximum atomic E-state index is 13.3. The molecule has 0 bridgehead atoms. The van der Waals surface area contributed by atoms with Gasteiger partial charge in [-0.25, -0.2) is 17.6 Å². The van der Waals surface area contributed by atoms with Crippen molar-refractivity contribution in [3.05, 3.63) is 83.1 Å². The molecule has 3 aromatic carbocycles. The third-order valence-corrected chi connectivity index (χ3v) is 5.66. The van der Waals surface area contributed by atoms with Crippen LogP contribution >= 0.6 is 11.6 Å². The number of sulfonamides is 1. The van der Waals surface area contributed by atoms with Gasteiger partial charge in [-0.1, -0.05) is 17.7 Å². The summed E-state index contributed by atoms with van der Waals surface area (Å²) < 4.78 is 40.4. The lowest BCUT2D eigenvalue weighted by Gasteiger charge is -2.10. The van der Waals surface area contributed by atoms with Crippen LogP contribution in [0.5, 0.6) is 0 Å². The number of rotatable bonds is 6. The quantitative estimate of drug-likeness (QED) is 0.440. The molecule has 0 atom stereocenters. The molecule has 0 aliphatic rings. The molecule has 0 aromatic heterocycles. The summed E-state index contributed by atoms with van der Waals surface area (Å²) >= 11 is 5.64. The van der Waals surface area contributed by atoms with Crippen molar-refractivity contribution in [2.24, 2.45) is 5.73 Å². The Balaban J connectivity index is 1.70. The van der Waals surface area contributed by atoms with Crippen molar-refractivity contribution in [1.29, 1.82) is 0 Å². The molecule has 0 saturated heterocycles. The zero-order chi connectivity index (χ0) is 22.6. The van der Waals surface area contributed by atoms with Crippen LogP contribution in [0.25, 0.3) is 0 Å². The van der Waals surface area contributed by atoms with Gasteiger partial charge in [-0.3, -0.25) is 9.52 Å². The second kappa shape index (κ2) is 9.02. The number of hydrogen-bond donors (Lipinski definition) is 4. The number of carbonyl (C=O) groups excluding carboxylic acids is 2. The highest BCUT2D eigenvalue weighted by Gasteiger charge is 2.16. The number of halogens is 2. The molecule has 5 N–H and O–H groups in total. The van der Waals surface area contributed by atoms with Gasteiger partial charge in [0.2, 0.25) is 0 Å². The first kappa shape index (κ1) is 22.1. The smallest absolute Gasteiger partial charge is 0.316 e. The zero-order valence-corrected chi connectivity index (χ0v) is 17.3. The van der Waals surface area contributed by atoms with Gasteiger partial charge in [0.1, 0.15) is 5.82 Å². The van der Waals surface area contributed by atoms with Crippen LogP contribution in [0.15, 0.2) is 71.6 Å². The normalized spacial score (nSPS) is 10.9. The molecule has 0 heterocycles. The molecule has 31 heavy (non-hydrogen) atoms. The Morgan fingerprint density at radius 3 is 2.13 bits per heavy atom. The lowest BCUT2D eigenvalue weighted by Crippen LogP contribution is -2.19. The van der Waals surface area contributed by atoms with Crippen LogP contribution in [-0.2, 0) is 10.0 Å². The highest BCUT2D eigenvalue weighted by molar-refractivity contribution is 7.92. The van der Waals surface area contributed by atoms with E-state index in [2.05, 4.69) is 15.4 Å². The Bertz CT molecular complexity index is 1250. The van der Waals surface area contributed by atoms with Crippen LogP contribution in [0.1, 0.15) is 10.4 Å². The van der Waals surface area contributed by atoms with E-state index < -0.39 is 27.8 Å². The van der Waals surface area contributed by atoms with E-state index in [-0.39, 0.29) is 21.2 Å². The van der Waals surface area contributed by atoms with Gasteiger partial charge in [0.05, 0.1) is 9.92 Å². The highest BCUT2D eigenvalue weighted by atomic mass is 35.5. The average molecular weight is 463 g/mol. The molecule has 3 amide bonds. The van der Waals surface area contributed by atoms with Gasteiger partial charge < -0.3 is 16.4 Å². The summed E-state index contributed by atoms with van der Waals surface area (Å²) in [5, 5.41) is 4.74. The van der Waals surface area contributed by atoms with E-state index in [0.29, 0.717) is 11.4 Å². The number of benzene rings is 3. The van der Waals surface area contributed by atoms with Gasteiger partial charge in [0.15, 0.2) is 0 Å². The molecular weight excluding hydrogens is 447 g/mol. The zero-order valence-electron chi connectivity index (χ0n) is 15.7. The second-order valence-electron chi connectivity index (χ2n) is 6.28. The predicted octanol–water partition coefficient (Wildman–Crippen LogP) is 4.02. The Kier molecular flexibility index (Phi) is 6.42. The van der Waals surface area contributed by atoms with E-state index in [1.54, 1.807) is 18.2 Å². The van der Waals surface area contributed by atoms with Crippen molar-refractivity contribution in [2.75, 3.05) is 15.4 Å². The van der Waals surface area contributed by atoms with E-state index in [1.807, 2.05) is 0 Å². The minimum absolute atomic E-state index is 0.199. The van der Waals surface area contributed by atoms with E-state index in [9.17, 15) is 22.4 Å². The van der Waals surface area contributed by atoms with Crippen molar-refractivity contribution in [3.63, 3.8) is 0 Å². The summed E-state index contributed by atoms with van der Waals surface area (Å²) in [6.45, 7) is 0. The summed E-state index contributed by atoms with van der Waals surface area (Å²) in [5.74, 6) is -1.18. The summed E-state index contributed by atoms with van der Waals surface area (Å²) in [5.41, 5.74) is 6.37. The maximum Gasteiger partial charge on any atom is 0.316 e. The predicted molar refractivity (Wildman–Crippen MR) is 116 cm³/mol. The van der Waals surface area contributed by atoms with Gasteiger partial charge in [0.25, 0.3) is 15.9 Å². The SMILES string of the molecule is NC(=O)Nc1cccc(NC(=O)c2ccc(NS(=O)(=O)c3ccc(F)c(Cl)c3)cc2)c1. The van der Waals surface area contributed by atoms with Crippen molar-refractivity contribution in [3.8, 4) is 0 Å². The third kappa shape index (κ3) is 5.71. The fourth-order valence-electron chi connectivity index (χ4n) is 2.57. The first-order valence-corrected chi connectivity index (χ1v) is 10.6. The number of hydrogen-bond acceptors (Lipinski definition) is 4. The van der Waals surface area contributed by atoms with Crippen LogP contribution in [0.4, 0.5) is 26.2 Å². The number of anilines is 3. The Morgan fingerprint density at radius 1 is 0.871 bits per heavy atom. The maximum absolute atomic E-state index is 13.3. The number of carbonyl (C=O) groups is 2. The molecule has 0 fully saturated rings. The molecule has 160 valence electrons. The molecule has 0 aliphatic carbocycles. The fourth-order valence-corrected chi connectivity index (χ4v) is 3.90. The van der Waals surface area contributed by atoms with E-state index in [1.165, 1.54) is 30.3 Å². The number of amides is 3. The van der Waals surface area contributed by atoms with Gasteiger partial charge >= 0.3 is 6.03 Å². The van der Waals surface area contributed by atoms with E-state index in [4.69, 9.17) is 17.3 Å². The van der Waals surface area contributed by atoms with Crippen LogP contribution in [0.3, 0.4) is 0 Å². The van der Waals surface area contributed by atoms with Crippen LogP contribution in [0.2, 0.25) is 5.02 Å². The monoisotopic (exact) mass is 462 g/mol. The molecule has 0 radical (unpaired) electrons.